The standard InChI is InChI=1S/C16H8F6O6/c1-5(23)27-16-11(18)6(17)2-8(14(16)21)26-4-10(25)28-9-3-7(24)12(19)15(22)13(9)20/h2-3,24H,4H2,1H3. The molecule has 12 heteroatoms. The fourth-order valence-electron chi connectivity index (χ4n) is 1.83. The van der Waals surface area contributed by atoms with Crippen molar-refractivity contribution in [2.75, 3.05) is 6.61 Å². The van der Waals surface area contributed by atoms with E-state index in [0.717, 1.165) is 6.92 Å². The van der Waals surface area contributed by atoms with Gasteiger partial charge in [0.1, 0.15) is 0 Å². The molecule has 0 aliphatic rings. The smallest absolute Gasteiger partial charge is 0.349 e. The minimum atomic E-state index is -2.12. The van der Waals surface area contributed by atoms with E-state index in [4.69, 9.17) is 5.11 Å². The number of benzene rings is 2. The zero-order valence-electron chi connectivity index (χ0n) is 13.6. The molecule has 0 amide bonds. The number of rotatable bonds is 5. The minimum Gasteiger partial charge on any atom is -0.505 e. The molecule has 28 heavy (non-hydrogen) atoms. The molecule has 0 aromatic heterocycles. The van der Waals surface area contributed by atoms with Gasteiger partial charge in [0, 0.05) is 19.1 Å². The molecule has 2 rings (SSSR count). The first kappa shape index (κ1) is 20.9. The highest BCUT2D eigenvalue weighted by molar-refractivity contribution is 5.74. The Hall–Kier alpha value is -3.44. The van der Waals surface area contributed by atoms with Crippen molar-refractivity contribution in [1.82, 2.24) is 0 Å². The van der Waals surface area contributed by atoms with Gasteiger partial charge in [-0.05, 0) is 0 Å². The van der Waals surface area contributed by atoms with Gasteiger partial charge in [0.25, 0.3) is 0 Å². The van der Waals surface area contributed by atoms with Crippen LogP contribution in [-0.4, -0.2) is 23.7 Å². The molecule has 0 spiro atoms. The van der Waals surface area contributed by atoms with Crippen LogP contribution in [0.2, 0.25) is 0 Å². The first-order valence-corrected chi connectivity index (χ1v) is 7.08. The largest absolute Gasteiger partial charge is 0.505 e. The molecule has 0 saturated carbocycles. The van der Waals surface area contributed by atoms with Crippen molar-refractivity contribution in [2.45, 2.75) is 6.92 Å². The Labute approximate surface area is 151 Å². The number of aromatic hydroxyl groups is 1. The topological polar surface area (TPSA) is 82.1 Å². The highest BCUT2D eigenvalue weighted by Gasteiger charge is 2.25. The van der Waals surface area contributed by atoms with Gasteiger partial charge in [-0.2, -0.15) is 17.6 Å². The summed E-state index contributed by atoms with van der Waals surface area (Å²) >= 11 is 0. The Morgan fingerprint density at radius 3 is 2.11 bits per heavy atom. The monoisotopic (exact) mass is 410 g/mol. The predicted octanol–water partition coefficient (Wildman–Crippen LogP) is 3.14. The van der Waals surface area contributed by atoms with Crippen molar-refractivity contribution in [3.05, 3.63) is 47.0 Å². The molecule has 0 saturated heterocycles. The Kier molecular flexibility index (Phi) is 6.01. The maximum atomic E-state index is 14.0. The lowest BCUT2D eigenvalue weighted by Crippen LogP contribution is -2.19. The van der Waals surface area contributed by atoms with E-state index in [9.17, 15) is 35.9 Å². The molecule has 0 fully saturated rings. The number of carbonyl (C=O) groups excluding carboxylic acids is 2. The maximum Gasteiger partial charge on any atom is 0.349 e. The summed E-state index contributed by atoms with van der Waals surface area (Å²) in [5.41, 5.74) is 0. The number of phenolic OH excluding ortho intramolecular Hbond substituents is 1. The quantitative estimate of drug-likeness (QED) is 0.268. The van der Waals surface area contributed by atoms with Crippen LogP contribution in [0.3, 0.4) is 0 Å². The van der Waals surface area contributed by atoms with Crippen LogP contribution in [0.1, 0.15) is 6.92 Å². The number of ether oxygens (including phenoxy) is 3. The number of hydrogen-bond acceptors (Lipinski definition) is 6. The summed E-state index contributed by atoms with van der Waals surface area (Å²) in [5.74, 6) is -18.9. The van der Waals surface area contributed by atoms with E-state index in [1.807, 2.05) is 0 Å². The highest BCUT2D eigenvalue weighted by Crippen LogP contribution is 2.32. The van der Waals surface area contributed by atoms with Crippen molar-refractivity contribution < 1.29 is 55.2 Å². The van der Waals surface area contributed by atoms with E-state index in [-0.39, 0.29) is 12.1 Å². The van der Waals surface area contributed by atoms with Gasteiger partial charge in [-0.25, -0.2) is 13.6 Å². The molecule has 0 radical (unpaired) electrons. The van der Waals surface area contributed by atoms with E-state index in [2.05, 4.69) is 14.2 Å². The van der Waals surface area contributed by atoms with Crippen molar-refractivity contribution in [1.29, 1.82) is 0 Å². The molecule has 6 nitrogen and oxygen atoms in total. The summed E-state index contributed by atoms with van der Waals surface area (Å²) in [7, 11) is 0. The first-order valence-electron chi connectivity index (χ1n) is 7.08. The van der Waals surface area contributed by atoms with Crippen LogP contribution in [-0.2, 0) is 9.59 Å². The van der Waals surface area contributed by atoms with Gasteiger partial charge in [-0.3, -0.25) is 4.79 Å². The van der Waals surface area contributed by atoms with E-state index in [0.29, 0.717) is 0 Å². The van der Waals surface area contributed by atoms with Gasteiger partial charge in [0.15, 0.2) is 29.7 Å². The third-order valence-corrected chi connectivity index (χ3v) is 2.99. The van der Waals surface area contributed by atoms with Crippen LogP contribution in [0.15, 0.2) is 12.1 Å². The number of carbonyl (C=O) groups is 2. The van der Waals surface area contributed by atoms with Crippen molar-refractivity contribution in [2.24, 2.45) is 0 Å². The third kappa shape index (κ3) is 4.27. The van der Waals surface area contributed by atoms with Crippen LogP contribution in [0.4, 0.5) is 26.3 Å². The molecule has 0 unspecified atom stereocenters. The van der Waals surface area contributed by atoms with Gasteiger partial charge in [-0.15, -0.1) is 0 Å². The van der Waals surface area contributed by atoms with Crippen LogP contribution in [0.25, 0.3) is 0 Å². The summed E-state index contributed by atoms with van der Waals surface area (Å²) < 4.78 is 93.5. The molecule has 0 aliphatic carbocycles. The Balaban J connectivity index is 2.18. The lowest BCUT2D eigenvalue weighted by Gasteiger charge is -2.12. The molecule has 150 valence electrons. The second kappa shape index (κ2) is 8.06. The summed E-state index contributed by atoms with van der Waals surface area (Å²) in [4.78, 5) is 22.4. The lowest BCUT2D eigenvalue weighted by molar-refractivity contribution is -0.137. The molecule has 0 atom stereocenters. The number of halogens is 6. The average molecular weight is 410 g/mol. The molecular weight excluding hydrogens is 402 g/mol. The number of esters is 2. The Morgan fingerprint density at radius 2 is 1.50 bits per heavy atom. The summed E-state index contributed by atoms with van der Waals surface area (Å²) in [6, 6.07) is 0.442. The molecule has 1 N–H and O–H groups in total. The summed E-state index contributed by atoms with van der Waals surface area (Å²) in [6.45, 7) is -0.450. The van der Waals surface area contributed by atoms with Gasteiger partial charge in [0.2, 0.25) is 34.8 Å². The van der Waals surface area contributed by atoms with Crippen LogP contribution < -0.4 is 14.2 Å². The number of hydrogen-bond donors (Lipinski definition) is 1. The molecule has 2 aromatic carbocycles. The minimum absolute atomic E-state index is 0.189. The Morgan fingerprint density at radius 1 is 0.857 bits per heavy atom. The van der Waals surface area contributed by atoms with Gasteiger partial charge in [-0.1, -0.05) is 0 Å². The SMILES string of the molecule is CC(=O)Oc1c(F)c(F)cc(OCC(=O)Oc2cc(O)c(F)c(F)c2F)c1F. The summed E-state index contributed by atoms with van der Waals surface area (Å²) in [5, 5.41) is 9.05. The fourth-order valence-corrected chi connectivity index (χ4v) is 1.83. The van der Waals surface area contributed by atoms with E-state index >= 15 is 0 Å². The van der Waals surface area contributed by atoms with Gasteiger partial charge < -0.3 is 19.3 Å². The molecule has 2 aromatic rings. The second-order valence-electron chi connectivity index (χ2n) is 5.01. The van der Waals surface area contributed by atoms with E-state index < -0.39 is 76.4 Å². The average Bonchev–Trinajstić information content (AvgIpc) is 2.63. The van der Waals surface area contributed by atoms with Crippen LogP contribution in [0, 0.1) is 34.9 Å². The van der Waals surface area contributed by atoms with E-state index in [1.54, 1.807) is 0 Å². The lowest BCUT2D eigenvalue weighted by atomic mass is 10.2. The van der Waals surface area contributed by atoms with Crippen LogP contribution in [0.5, 0.6) is 23.0 Å². The van der Waals surface area contributed by atoms with Crippen LogP contribution >= 0.6 is 0 Å². The zero-order chi connectivity index (χ0) is 21.2. The maximum absolute atomic E-state index is 14.0. The second-order valence-corrected chi connectivity index (χ2v) is 5.01. The Bertz CT molecular complexity index is 962. The molecular formula is C16H8F6O6. The number of phenols is 1. The van der Waals surface area contributed by atoms with E-state index in [1.165, 1.54) is 0 Å². The van der Waals surface area contributed by atoms with Crippen molar-refractivity contribution >= 4 is 11.9 Å². The van der Waals surface area contributed by atoms with Crippen molar-refractivity contribution in [3.63, 3.8) is 0 Å². The molecule has 0 heterocycles. The predicted molar refractivity (Wildman–Crippen MR) is 76.7 cm³/mol. The third-order valence-electron chi connectivity index (χ3n) is 2.99. The summed E-state index contributed by atoms with van der Waals surface area (Å²) in [6.07, 6.45) is 0. The van der Waals surface area contributed by atoms with Crippen molar-refractivity contribution in [3.8, 4) is 23.0 Å². The van der Waals surface area contributed by atoms with Gasteiger partial charge >= 0.3 is 11.9 Å². The normalized spacial score (nSPS) is 10.5. The van der Waals surface area contributed by atoms with Gasteiger partial charge in [0.05, 0.1) is 0 Å². The molecule has 0 aliphatic heterocycles. The highest BCUT2D eigenvalue weighted by atomic mass is 19.2. The molecule has 0 bridgehead atoms. The zero-order valence-corrected chi connectivity index (χ0v) is 13.6. The first-order chi connectivity index (χ1) is 13.0. The fraction of sp³-hybridized carbons (Fsp3) is 0.125.